The number of piperidine rings is 1. The fourth-order valence-corrected chi connectivity index (χ4v) is 3.15. The Morgan fingerprint density at radius 3 is 2.67 bits per heavy atom. The van der Waals surface area contributed by atoms with Gasteiger partial charge in [-0.05, 0) is 25.9 Å². The maximum Gasteiger partial charge on any atom is 0.243 e. The van der Waals surface area contributed by atoms with Crippen LogP contribution < -0.4 is 4.72 Å². The number of nitrogens with zero attached hydrogens (tertiary/aromatic N) is 3. The van der Waals surface area contributed by atoms with E-state index in [1.165, 1.54) is 36.3 Å². The van der Waals surface area contributed by atoms with Crippen LogP contribution in [-0.4, -0.2) is 49.3 Å². The number of sulfonamides is 1. The molecule has 1 aliphatic heterocycles. The van der Waals surface area contributed by atoms with E-state index >= 15 is 0 Å². The highest BCUT2D eigenvalue weighted by Gasteiger charge is 2.16. The molecular weight excluding hydrogens is 252 g/mol. The maximum atomic E-state index is 11.9. The zero-order valence-electron chi connectivity index (χ0n) is 10.7. The van der Waals surface area contributed by atoms with Gasteiger partial charge in [0.05, 0.1) is 6.20 Å². The highest BCUT2D eigenvalue weighted by molar-refractivity contribution is 7.89. The predicted octanol–water partition coefficient (Wildman–Crippen LogP) is 0.184. The predicted molar refractivity (Wildman–Crippen MR) is 68.7 cm³/mol. The summed E-state index contributed by atoms with van der Waals surface area (Å²) < 4.78 is 27.9. The van der Waals surface area contributed by atoms with Gasteiger partial charge in [-0.15, -0.1) is 0 Å². The quantitative estimate of drug-likeness (QED) is 0.830. The molecule has 0 atom stereocenters. The standard InChI is InChI=1S/C11H20N4O2S/c1-14-10-11(9-12-14)18(16,17)13-5-8-15-6-3-2-4-7-15/h9-10,13H,2-8H2,1H3. The van der Waals surface area contributed by atoms with Crippen LogP contribution in [0.4, 0.5) is 0 Å². The first-order valence-corrected chi connectivity index (χ1v) is 7.77. The summed E-state index contributed by atoms with van der Waals surface area (Å²) in [5.74, 6) is 0. The number of nitrogens with one attached hydrogen (secondary N) is 1. The van der Waals surface area contributed by atoms with E-state index < -0.39 is 10.0 Å². The second-order valence-corrected chi connectivity index (χ2v) is 6.42. The van der Waals surface area contributed by atoms with Gasteiger partial charge in [0.25, 0.3) is 0 Å². The number of aromatic nitrogens is 2. The Kier molecular flexibility index (Phi) is 4.36. The minimum atomic E-state index is -3.40. The minimum Gasteiger partial charge on any atom is -0.302 e. The molecule has 2 heterocycles. The van der Waals surface area contributed by atoms with E-state index in [9.17, 15) is 8.42 Å². The summed E-state index contributed by atoms with van der Waals surface area (Å²) in [5, 5.41) is 3.87. The molecule has 0 spiro atoms. The van der Waals surface area contributed by atoms with Crippen molar-refractivity contribution in [3.63, 3.8) is 0 Å². The summed E-state index contributed by atoms with van der Waals surface area (Å²) in [5.41, 5.74) is 0. The van der Waals surface area contributed by atoms with E-state index in [1.807, 2.05) is 0 Å². The van der Waals surface area contributed by atoms with E-state index in [1.54, 1.807) is 7.05 Å². The van der Waals surface area contributed by atoms with Gasteiger partial charge in [-0.3, -0.25) is 4.68 Å². The Balaban J connectivity index is 1.82. The summed E-state index contributed by atoms with van der Waals surface area (Å²) in [6, 6.07) is 0. The number of rotatable bonds is 5. The van der Waals surface area contributed by atoms with E-state index in [4.69, 9.17) is 0 Å². The Hall–Kier alpha value is -0.920. The summed E-state index contributed by atoms with van der Waals surface area (Å²) in [4.78, 5) is 2.53. The maximum absolute atomic E-state index is 11.9. The Morgan fingerprint density at radius 1 is 1.33 bits per heavy atom. The van der Waals surface area contributed by atoms with E-state index in [-0.39, 0.29) is 4.90 Å². The minimum absolute atomic E-state index is 0.226. The number of hydrogen-bond acceptors (Lipinski definition) is 4. The van der Waals surface area contributed by atoms with Crippen LogP contribution in [0.25, 0.3) is 0 Å². The van der Waals surface area contributed by atoms with Crippen molar-refractivity contribution in [2.24, 2.45) is 7.05 Å². The molecule has 102 valence electrons. The van der Waals surface area contributed by atoms with Crippen LogP contribution in [0.5, 0.6) is 0 Å². The van der Waals surface area contributed by atoms with Crippen molar-refractivity contribution >= 4 is 10.0 Å². The molecule has 0 unspecified atom stereocenters. The zero-order valence-corrected chi connectivity index (χ0v) is 11.5. The average Bonchev–Trinajstić information content (AvgIpc) is 2.78. The zero-order chi connectivity index (χ0) is 13.0. The molecule has 1 aliphatic rings. The summed E-state index contributed by atoms with van der Waals surface area (Å²) in [6.07, 6.45) is 6.59. The molecule has 0 bridgehead atoms. The van der Waals surface area contributed by atoms with Crippen LogP contribution in [0.1, 0.15) is 19.3 Å². The molecule has 7 heteroatoms. The molecule has 0 aliphatic carbocycles. The van der Waals surface area contributed by atoms with Gasteiger partial charge < -0.3 is 4.90 Å². The second-order valence-electron chi connectivity index (χ2n) is 4.65. The lowest BCUT2D eigenvalue weighted by molar-refractivity contribution is 0.233. The number of aryl methyl sites for hydroxylation is 1. The van der Waals surface area contributed by atoms with Gasteiger partial charge in [-0.2, -0.15) is 5.10 Å². The molecule has 1 aromatic heterocycles. The first-order chi connectivity index (χ1) is 8.58. The summed E-state index contributed by atoms with van der Waals surface area (Å²) in [7, 11) is -1.70. The molecule has 0 radical (unpaired) electrons. The van der Waals surface area contributed by atoms with Gasteiger partial charge in [-0.25, -0.2) is 13.1 Å². The van der Waals surface area contributed by atoms with Crippen LogP contribution >= 0.6 is 0 Å². The fourth-order valence-electron chi connectivity index (χ4n) is 2.14. The van der Waals surface area contributed by atoms with E-state index in [0.717, 1.165) is 19.6 Å². The van der Waals surface area contributed by atoms with Crippen molar-refractivity contribution in [1.29, 1.82) is 0 Å². The van der Waals surface area contributed by atoms with Gasteiger partial charge in [-0.1, -0.05) is 6.42 Å². The molecule has 1 fully saturated rings. The summed E-state index contributed by atoms with van der Waals surface area (Å²) in [6.45, 7) is 3.39. The molecule has 2 rings (SSSR count). The van der Waals surface area contributed by atoms with E-state index in [0.29, 0.717) is 6.54 Å². The molecular formula is C11H20N4O2S. The smallest absolute Gasteiger partial charge is 0.243 e. The van der Waals surface area contributed by atoms with Crippen molar-refractivity contribution in [2.45, 2.75) is 24.2 Å². The average molecular weight is 272 g/mol. The van der Waals surface area contributed by atoms with Crippen molar-refractivity contribution < 1.29 is 8.42 Å². The third kappa shape index (κ3) is 3.54. The van der Waals surface area contributed by atoms with Crippen molar-refractivity contribution in [3.8, 4) is 0 Å². The molecule has 6 nitrogen and oxygen atoms in total. The molecule has 0 amide bonds. The lowest BCUT2D eigenvalue weighted by Gasteiger charge is -2.26. The number of hydrogen-bond donors (Lipinski definition) is 1. The third-order valence-corrected chi connectivity index (χ3v) is 4.58. The van der Waals surface area contributed by atoms with Gasteiger partial charge in [0.2, 0.25) is 10.0 Å². The first-order valence-electron chi connectivity index (χ1n) is 6.28. The van der Waals surface area contributed by atoms with Gasteiger partial charge >= 0.3 is 0 Å². The molecule has 1 N–H and O–H groups in total. The van der Waals surface area contributed by atoms with Gasteiger partial charge in [0.1, 0.15) is 4.90 Å². The third-order valence-electron chi connectivity index (χ3n) is 3.16. The highest BCUT2D eigenvalue weighted by atomic mass is 32.2. The SMILES string of the molecule is Cn1cc(S(=O)(=O)NCCN2CCCCC2)cn1. The Morgan fingerprint density at radius 2 is 2.06 bits per heavy atom. The fraction of sp³-hybridized carbons (Fsp3) is 0.727. The van der Waals surface area contributed by atoms with Gasteiger partial charge in [0.15, 0.2) is 0 Å². The Labute approximate surface area is 108 Å². The lowest BCUT2D eigenvalue weighted by atomic mass is 10.1. The van der Waals surface area contributed by atoms with Crippen LogP contribution in [0.2, 0.25) is 0 Å². The van der Waals surface area contributed by atoms with Crippen LogP contribution in [0, 0.1) is 0 Å². The lowest BCUT2D eigenvalue weighted by Crippen LogP contribution is -2.37. The molecule has 1 aromatic rings. The van der Waals surface area contributed by atoms with Crippen molar-refractivity contribution in [3.05, 3.63) is 12.4 Å². The van der Waals surface area contributed by atoms with Crippen LogP contribution in [0.3, 0.4) is 0 Å². The molecule has 0 saturated carbocycles. The first kappa shape index (κ1) is 13.5. The largest absolute Gasteiger partial charge is 0.302 e. The molecule has 0 aromatic carbocycles. The summed E-state index contributed by atoms with van der Waals surface area (Å²) >= 11 is 0. The van der Waals surface area contributed by atoms with Crippen molar-refractivity contribution in [2.75, 3.05) is 26.2 Å². The molecule has 1 saturated heterocycles. The monoisotopic (exact) mass is 272 g/mol. The Bertz CT molecular complexity index is 477. The highest BCUT2D eigenvalue weighted by Crippen LogP contribution is 2.08. The normalized spacial score (nSPS) is 18.1. The topological polar surface area (TPSA) is 67.2 Å². The number of likely N-dealkylation sites (tertiary alicyclic amines) is 1. The van der Waals surface area contributed by atoms with Crippen LogP contribution in [0.15, 0.2) is 17.3 Å². The second kappa shape index (κ2) is 5.81. The van der Waals surface area contributed by atoms with Crippen molar-refractivity contribution in [1.82, 2.24) is 19.4 Å². The van der Waals surface area contributed by atoms with Crippen LogP contribution in [-0.2, 0) is 17.1 Å². The van der Waals surface area contributed by atoms with E-state index in [2.05, 4.69) is 14.7 Å². The van der Waals surface area contributed by atoms with Gasteiger partial charge in [0, 0.05) is 26.3 Å². The molecule has 18 heavy (non-hydrogen) atoms.